The van der Waals surface area contributed by atoms with Gasteiger partial charge in [0.05, 0.1) is 12.2 Å². The van der Waals surface area contributed by atoms with Gasteiger partial charge in [-0.2, -0.15) is 0 Å². The van der Waals surface area contributed by atoms with Gasteiger partial charge < -0.3 is 14.0 Å². The second-order valence-corrected chi connectivity index (χ2v) is 23.9. The first-order valence-electron chi connectivity index (χ1n) is 12.5. The average Bonchev–Trinajstić information content (AvgIpc) is 2.93. The van der Waals surface area contributed by atoms with Crippen molar-refractivity contribution in [3.05, 3.63) is 0 Å². The molecule has 0 saturated heterocycles. The van der Waals surface area contributed by atoms with E-state index < -0.39 is 16.6 Å². The summed E-state index contributed by atoms with van der Waals surface area (Å²) in [5.41, 5.74) is 0.377. The van der Waals surface area contributed by atoms with Crippen LogP contribution in [0, 0.1) is 22.2 Å². The normalized spacial score (nSPS) is 43.5. The quantitative estimate of drug-likeness (QED) is 0.470. The lowest BCUT2D eigenvalue weighted by Gasteiger charge is -2.47. The van der Waals surface area contributed by atoms with Crippen LogP contribution in [0.25, 0.3) is 0 Å². The van der Waals surface area contributed by atoms with E-state index in [1.807, 2.05) is 0 Å². The molecule has 0 heterocycles. The highest BCUT2D eigenvalue weighted by Crippen LogP contribution is 2.95. The van der Waals surface area contributed by atoms with Crippen molar-refractivity contribution in [1.29, 1.82) is 0 Å². The maximum absolute atomic E-state index is 11.6. The van der Waals surface area contributed by atoms with E-state index in [0.29, 0.717) is 12.0 Å². The van der Waals surface area contributed by atoms with Crippen molar-refractivity contribution in [3.63, 3.8) is 0 Å². The third-order valence-corrected chi connectivity index (χ3v) is 20.1. The topological polar surface area (TPSA) is 38.7 Å². The molecule has 0 amide bonds. The van der Waals surface area contributed by atoms with Gasteiger partial charge in [-0.1, -0.05) is 48.0 Å². The predicted octanol–water partition coefficient (Wildman–Crippen LogP) is 6.73. The molecule has 5 aliphatic rings. The summed E-state index contributed by atoms with van der Waals surface area (Å²) in [4.78, 5) is 0. The summed E-state index contributed by atoms with van der Waals surface area (Å²) in [6, 6.07) is 0. The minimum absolute atomic E-state index is 0.0617. The van der Waals surface area contributed by atoms with E-state index in [4.69, 9.17) is 8.85 Å². The SMILES string of the molecule is CC(C)(C)[Si](C)(C)OC[C@@]12C(O)C[C@H]3C[C@@]14CCC[C@H](O[Si](C)(C)C(C)(C)C)[C@]42C3. The smallest absolute Gasteiger partial charge is 0.192 e. The standard InChI is InChI=1S/C25H48O3Si2/c1-21(2,3)29(7,8)27-17-25-19(26)14-18-15-23(25)13-11-12-20(24(23,25)16-18)28-30(9,10)22(4,5)6/h18-20,26H,11-17H2,1-10H3/t18-,19?,20-,23+,24+,25+/m0/s1. The summed E-state index contributed by atoms with van der Waals surface area (Å²) in [5.74, 6) is 0.693. The Balaban J connectivity index is 1.68. The molecule has 1 N–H and O–H groups in total. The van der Waals surface area contributed by atoms with Crippen molar-refractivity contribution in [2.24, 2.45) is 22.2 Å². The van der Waals surface area contributed by atoms with Crippen LogP contribution in [0.3, 0.4) is 0 Å². The highest BCUT2D eigenvalue weighted by atomic mass is 28.4. The molecule has 174 valence electrons. The lowest BCUT2D eigenvalue weighted by atomic mass is 9.68. The molecule has 5 fully saturated rings. The molecule has 0 aliphatic heterocycles. The van der Waals surface area contributed by atoms with Crippen molar-refractivity contribution in [2.45, 2.75) is 129 Å². The Hall–Kier alpha value is 0.314. The maximum atomic E-state index is 11.6. The molecular formula is C25H48O3Si2. The van der Waals surface area contributed by atoms with Gasteiger partial charge in [-0.25, -0.2) is 0 Å². The molecule has 2 spiro atoms. The summed E-state index contributed by atoms with van der Waals surface area (Å²) < 4.78 is 14.1. The summed E-state index contributed by atoms with van der Waals surface area (Å²) in [5, 5.41) is 12.0. The first kappa shape index (κ1) is 23.5. The molecule has 0 aromatic rings. The molecule has 0 aromatic heterocycles. The summed E-state index contributed by atoms with van der Waals surface area (Å²) in [6.45, 7) is 24.3. The van der Waals surface area contributed by atoms with E-state index in [0.717, 1.165) is 13.0 Å². The van der Waals surface area contributed by atoms with Crippen molar-refractivity contribution in [3.8, 4) is 0 Å². The molecule has 5 heteroatoms. The first-order chi connectivity index (χ1) is 13.5. The van der Waals surface area contributed by atoms with Gasteiger partial charge in [0.2, 0.25) is 0 Å². The number of aliphatic hydroxyl groups is 1. The Morgan fingerprint density at radius 2 is 1.53 bits per heavy atom. The number of hydrogen-bond acceptors (Lipinski definition) is 3. The van der Waals surface area contributed by atoms with Gasteiger partial charge in [-0.05, 0) is 79.7 Å². The zero-order valence-corrected chi connectivity index (χ0v) is 23.4. The van der Waals surface area contributed by atoms with E-state index in [2.05, 4.69) is 67.7 Å². The van der Waals surface area contributed by atoms with Crippen LogP contribution in [0.1, 0.15) is 80.1 Å². The first-order valence-corrected chi connectivity index (χ1v) is 18.3. The molecule has 0 radical (unpaired) electrons. The zero-order valence-electron chi connectivity index (χ0n) is 21.4. The van der Waals surface area contributed by atoms with Gasteiger partial charge >= 0.3 is 0 Å². The fourth-order valence-corrected chi connectivity index (χ4v) is 10.1. The number of rotatable bonds is 5. The van der Waals surface area contributed by atoms with Crippen molar-refractivity contribution >= 4 is 16.6 Å². The Morgan fingerprint density at radius 3 is 2.10 bits per heavy atom. The molecule has 6 atom stereocenters. The van der Waals surface area contributed by atoms with Crippen molar-refractivity contribution in [2.75, 3.05) is 6.61 Å². The third-order valence-electron chi connectivity index (χ3n) is 11.1. The Labute approximate surface area is 188 Å². The van der Waals surface area contributed by atoms with E-state index in [1.54, 1.807) is 0 Å². The van der Waals surface area contributed by atoms with Crippen molar-refractivity contribution < 1.29 is 14.0 Å². The Kier molecular flexibility index (Phi) is 5.05. The van der Waals surface area contributed by atoms with Crippen LogP contribution in [0.4, 0.5) is 0 Å². The van der Waals surface area contributed by atoms with Crippen LogP contribution in [0.2, 0.25) is 36.3 Å². The van der Waals surface area contributed by atoms with Gasteiger partial charge in [0.25, 0.3) is 0 Å². The van der Waals surface area contributed by atoms with Crippen LogP contribution < -0.4 is 0 Å². The molecule has 5 saturated carbocycles. The fraction of sp³-hybridized carbons (Fsp3) is 1.00. The lowest BCUT2D eigenvalue weighted by Crippen LogP contribution is -2.52. The van der Waals surface area contributed by atoms with Crippen LogP contribution in [0.15, 0.2) is 0 Å². The van der Waals surface area contributed by atoms with Gasteiger partial charge in [-0.15, -0.1) is 0 Å². The Bertz CT molecular complexity index is 700. The molecule has 4 bridgehead atoms. The largest absolute Gasteiger partial charge is 0.416 e. The van der Waals surface area contributed by atoms with Gasteiger partial charge in [-0.3, -0.25) is 0 Å². The lowest BCUT2D eigenvalue weighted by molar-refractivity contribution is -0.0671. The molecule has 1 unspecified atom stereocenters. The Morgan fingerprint density at radius 1 is 0.933 bits per heavy atom. The van der Waals surface area contributed by atoms with Gasteiger partial charge in [0.15, 0.2) is 16.6 Å². The van der Waals surface area contributed by atoms with Crippen LogP contribution in [-0.2, 0) is 8.85 Å². The fourth-order valence-electron chi connectivity index (χ4n) is 7.65. The molecular weight excluding hydrogens is 404 g/mol. The monoisotopic (exact) mass is 452 g/mol. The summed E-state index contributed by atoms with van der Waals surface area (Å²) >= 11 is 0. The van der Waals surface area contributed by atoms with E-state index in [9.17, 15) is 5.11 Å². The second kappa shape index (κ2) is 6.46. The van der Waals surface area contributed by atoms with Gasteiger partial charge in [0, 0.05) is 17.4 Å². The number of hydrogen-bond donors (Lipinski definition) is 1. The van der Waals surface area contributed by atoms with E-state index >= 15 is 0 Å². The minimum Gasteiger partial charge on any atom is -0.416 e. The molecule has 0 aromatic carbocycles. The molecule has 5 rings (SSSR count). The highest BCUT2D eigenvalue weighted by molar-refractivity contribution is 6.74. The second-order valence-electron chi connectivity index (χ2n) is 14.4. The van der Waals surface area contributed by atoms with Crippen LogP contribution in [0.5, 0.6) is 0 Å². The number of aliphatic hydroxyl groups excluding tert-OH is 1. The number of fused-ring (bicyclic) bond motifs is 1. The maximum Gasteiger partial charge on any atom is 0.192 e. The van der Waals surface area contributed by atoms with Crippen LogP contribution >= 0.6 is 0 Å². The third kappa shape index (κ3) is 2.71. The average molecular weight is 453 g/mol. The summed E-state index contributed by atoms with van der Waals surface area (Å²) in [7, 11) is -3.73. The van der Waals surface area contributed by atoms with E-state index in [1.165, 1.54) is 32.1 Å². The predicted molar refractivity (Wildman–Crippen MR) is 130 cm³/mol. The molecule has 30 heavy (non-hydrogen) atoms. The minimum atomic E-state index is -1.86. The summed E-state index contributed by atoms with van der Waals surface area (Å²) in [6.07, 6.45) is 7.37. The van der Waals surface area contributed by atoms with Crippen molar-refractivity contribution in [1.82, 2.24) is 0 Å². The van der Waals surface area contributed by atoms with E-state index in [-0.39, 0.29) is 32.4 Å². The molecule has 3 nitrogen and oxygen atoms in total. The van der Waals surface area contributed by atoms with Crippen LogP contribution in [-0.4, -0.2) is 40.6 Å². The van der Waals surface area contributed by atoms with Gasteiger partial charge in [0.1, 0.15) is 0 Å². The zero-order chi connectivity index (χ0) is 22.6. The molecule has 5 aliphatic carbocycles. The highest BCUT2D eigenvalue weighted by Gasteiger charge is 2.95.